The molecule has 136 valence electrons. The zero-order valence-corrected chi connectivity index (χ0v) is 14.5. The number of amides is 1. The number of hydrogen-bond donors (Lipinski definition) is 1. The third-order valence-electron chi connectivity index (χ3n) is 4.58. The molecule has 0 bridgehead atoms. The second kappa shape index (κ2) is 6.72. The van der Waals surface area contributed by atoms with Gasteiger partial charge in [0.15, 0.2) is 0 Å². The Labute approximate surface area is 154 Å². The van der Waals surface area contributed by atoms with Gasteiger partial charge in [-0.1, -0.05) is 18.2 Å². The lowest BCUT2D eigenvalue weighted by Crippen LogP contribution is -2.29. The van der Waals surface area contributed by atoms with Crippen molar-refractivity contribution in [1.29, 1.82) is 0 Å². The highest BCUT2D eigenvalue weighted by molar-refractivity contribution is 6.00. The average molecular weight is 365 g/mol. The molecule has 0 saturated carbocycles. The van der Waals surface area contributed by atoms with Crippen LogP contribution >= 0.6 is 0 Å². The summed E-state index contributed by atoms with van der Waals surface area (Å²) < 4.78 is 24.2. The minimum Gasteiger partial charge on any atom is -0.497 e. The minimum atomic E-state index is -0.782. The summed E-state index contributed by atoms with van der Waals surface area (Å²) in [6, 6.07) is 14.9. The van der Waals surface area contributed by atoms with Gasteiger partial charge in [0.25, 0.3) is 0 Å². The molecule has 1 amide bonds. The van der Waals surface area contributed by atoms with Crippen molar-refractivity contribution in [2.75, 3.05) is 12.4 Å². The zero-order chi connectivity index (χ0) is 19.0. The van der Waals surface area contributed by atoms with Crippen molar-refractivity contribution < 1.29 is 23.5 Å². The Balaban J connectivity index is 1.62. The van der Waals surface area contributed by atoms with Gasteiger partial charge in [0.05, 0.1) is 13.0 Å². The van der Waals surface area contributed by atoms with E-state index < -0.39 is 17.7 Å². The van der Waals surface area contributed by atoms with Gasteiger partial charge in [0.1, 0.15) is 17.3 Å². The molecule has 1 aliphatic rings. The molecule has 0 radical (unpaired) electrons. The predicted octanol–water partition coefficient (Wildman–Crippen LogP) is 4.02. The number of halogens is 1. The number of methoxy groups -OCH3 is 1. The van der Waals surface area contributed by atoms with Crippen LogP contribution in [0.1, 0.15) is 17.9 Å². The second-order valence-corrected chi connectivity index (χ2v) is 6.33. The van der Waals surface area contributed by atoms with E-state index in [1.165, 1.54) is 18.2 Å². The predicted molar refractivity (Wildman–Crippen MR) is 98.5 cm³/mol. The van der Waals surface area contributed by atoms with Crippen LogP contribution in [0.3, 0.4) is 0 Å². The van der Waals surface area contributed by atoms with Crippen molar-refractivity contribution in [3.63, 3.8) is 0 Å². The van der Waals surface area contributed by atoms with Crippen LogP contribution in [0.15, 0.2) is 54.6 Å². The Hall–Kier alpha value is -3.41. The summed E-state index contributed by atoms with van der Waals surface area (Å²) in [4.78, 5) is 24.6. The van der Waals surface area contributed by atoms with E-state index in [4.69, 9.17) is 9.47 Å². The van der Waals surface area contributed by atoms with Crippen LogP contribution < -0.4 is 14.8 Å². The number of benzene rings is 3. The lowest BCUT2D eigenvalue weighted by Gasteiger charge is -2.24. The van der Waals surface area contributed by atoms with Gasteiger partial charge in [-0.2, -0.15) is 0 Å². The van der Waals surface area contributed by atoms with E-state index in [1.54, 1.807) is 19.2 Å². The van der Waals surface area contributed by atoms with Crippen molar-refractivity contribution >= 4 is 28.3 Å². The average Bonchev–Trinajstić information content (AvgIpc) is 2.66. The maximum Gasteiger partial charge on any atom is 0.319 e. The van der Waals surface area contributed by atoms with Gasteiger partial charge in [-0.25, -0.2) is 4.39 Å². The van der Waals surface area contributed by atoms with Gasteiger partial charge in [-0.3, -0.25) is 9.59 Å². The molecule has 1 aliphatic heterocycles. The first-order valence-electron chi connectivity index (χ1n) is 8.42. The van der Waals surface area contributed by atoms with E-state index in [1.807, 2.05) is 24.3 Å². The van der Waals surface area contributed by atoms with Gasteiger partial charge in [-0.05, 0) is 52.7 Å². The van der Waals surface area contributed by atoms with E-state index in [0.717, 1.165) is 10.8 Å². The van der Waals surface area contributed by atoms with E-state index >= 15 is 0 Å². The van der Waals surface area contributed by atoms with Gasteiger partial charge < -0.3 is 14.8 Å². The van der Waals surface area contributed by atoms with Crippen molar-refractivity contribution in [3.05, 3.63) is 66.0 Å². The van der Waals surface area contributed by atoms with Gasteiger partial charge in [0.2, 0.25) is 5.91 Å². The van der Waals surface area contributed by atoms with Crippen molar-refractivity contribution in [3.8, 4) is 11.5 Å². The number of ether oxygens (including phenoxy) is 2. The molecular weight excluding hydrogens is 349 g/mol. The number of fused-ring (bicyclic) bond motifs is 2. The molecular formula is C21H16FNO4. The largest absolute Gasteiger partial charge is 0.497 e. The van der Waals surface area contributed by atoms with Crippen molar-refractivity contribution in [2.45, 2.75) is 12.3 Å². The lowest BCUT2D eigenvalue weighted by molar-refractivity contribution is -0.138. The van der Waals surface area contributed by atoms with Crippen LogP contribution in [0.4, 0.5) is 10.1 Å². The Morgan fingerprint density at radius 1 is 1.04 bits per heavy atom. The van der Waals surface area contributed by atoms with Crippen molar-refractivity contribution in [1.82, 2.24) is 0 Å². The highest BCUT2D eigenvalue weighted by Gasteiger charge is 2.32. The van der Waals surface area contributed by atoms with Crippen molar-refractivity contribution in [2.24, 2.45) is 0 Å². The summed E-state index contributed by atoms with van der Waals surface area (Å²) in [6.45, 7) is 0. The first kappa shape index (κ1) is 17.0. The summed E-state index contributed by atoms with van der Waals surface area (Å²) in [5.41, 5.74) is 0.847. The zero-order valence-electron chi connectivity index (χ0n) is 14.5. The smallest absolute Gasteiger partial charge is 0.319 e. The molecule has 1 N–H and O–H groups in total. The molecule has 0 aliphatic carbocycles. The number of esters is 1. The van der Waals surface area contributed by atoms with E-state index in [2.05, 4.69) is 5.32 Å². The van der Waals surface area contributed by atoms with Crippen LogP contribution in [0, 0.1) is 5.82 Å². The topological polar surface area (TPSA) is 64.6 Å². The Kier molecular flexibility index (Phi) is 4.24. The molecule has 27 heavy (non-hydrogen) atoms. The minimum absolute atomic E-state index is 0.0428. The molecule has 0 spiro atoms. The molecule has 1 heterocycles. The molecule has 6 heteroatoms. The lowest BCUT2D eigenvalue weighted by atomic mass is 9.90. The maximum absolute atomic E-state index is 13.4. The summed E-state index contributed by atoms with van der Waals surface area (Å²) in [5, 5.41) is 4.43. The fourth-order valence-corrected chi connectivity index (χ4v) is 3.23. The molecule has 0 fully saturated rings. The molecule has 1 unspecified atom stereocenters. The standard InChI is InChI=1S/C21H16FNO4/c1-26-15-5-2-12-3-6-16(9-13(12)8-15)27-21(25)18-11-20(24)23-19-10-14(22)4-7-17(18)19/h2-10,18H,11H2,1H3,(H,23,24). The fraction of sp³-hybridized carbons (Fsp3) is 0.143. The molecule has 3 aromatic carbocycles. The number of carbonyl (C=O) groups is 2. The van der Waals surface area contributed by atoms with Crippen LogP contribution in [0.25, 0.3) is 10.8 Å². The van der Waals surface area contributed by atoms with Crippen LogP contribution in [-0.2, 0) is 9.59 Å². The third kappa shape index (κ3) is 3.33. The Morgan fingerprint density at radius 2 is 1.78 bits per heavy atom. The van der Waals surface area contributed by atoms with E-state index in [-0.39, 0.29) is 12.3 Å². The highest BCUT2D eigenvalue weighted by Crippen LogP contribution is 2.34. The normalized spacial score (nSPS) is 15.8. The number of anilines is 1. The van der Waals surface area contributed by atoms with Gasteiger partial charge in [0, 0.05) is 12.1 Å². The maximum atomic E-state index is 13.4. The quantitative estimate of drug-likeness (QED) is 0.562. The van der Waals surface area contributed by atoms with Gasteiger partial charge >= 0.3 is 5.97 Å². The van der Waals surface area contributed by atoms with Crippen LogP contribution in [0.2, 0.25) is 0 Å². The molecule has 0 saturated heterocycles. The molecule has 3 aromatic rings. The Morgan fingerprint density at radius 3 is 2.56 bits per heavy atom. The summed E-state index contributed by atoms with van der Waals surface area (Å²) in [6.07, 6.45) is -0.0428. The number of hydrogen-bond acceptors (Lipinski definition) is 4. The molecule has 0 aromatic heterocycles. The van der Waals surface area contributed by atoms with E-state index in [9.17, 15) is 14.0 Å². The summed E-state index contributed by atoms with van der Waals surface area (Å²) in [7, 11) is 1.58. The summed E-state index contributed by atoms with van der Waals surface area (Å²) in [5.74, 6) is -1.10. The number of carbonyl (C=O) groups excluding carboxylic acids is 2. The highest BCUT2D eigenvalue weighted by atomic mass is 19.1. The van der Waals surface area contributed by atoms with E-state index in [0.29, 0.717) is 22.7 Å². The number of nitrogens with one attached hydrogen (secondary N) is 1. The SMILES string of the molecule is COc1ccc2ccc(OC(=O)C3CC(=O)Nc4cc(F)ccc43)cc2c1. The third-order valence-corrected chi connectivity index (χ3v) is 4.58. The summed E-state index contributed by atoms with van der Waals surface area (Å²) >= 11 is 0. The molecule has 4 rings (SSSR count). The molecule has 1 atom stereocenters. The van der Waals surface area contributed by atoms with Gasteiger partial charge in [-0.15, -0.1) is 0 Å². The van der Waals surface area contributed by atoms with Crippen LogP contribution in [0.5, 0.6) is 11.5 Å². The van der Waals surface area contributed by atoms with Crippen LogP contribution in [-0.4, -0.2) is 19.0 Å². The second-order valence-electron chi connectivity index (χ2n) is 6.33. The first-order chi connectivity index (χ1) is 13.0. The monoisotopic (exact) mass is 365 g/mol. The molecule has 5 nitrogen and oxygen atoms in total. The Bertz CT molecular complexity index is 1060. The number of rotatable bonds is 3. The first-order valence-corrected chi connectivity index (χ1v) is 8.42. The fourth-order valence-electron chi connectivity index (χ4n) is 3.23.